The van der Waals surface area contributed by atoms with Crippen molar-refractivity contribution in [1.29, 1.82) is 0 Å². The maximum atomic E-state index is 11.3. The highest BCUT2D eigenvalue weighted by Gasteiger charge is 2.06. The van der Waals surface area contributed by atoms with Crippen molar-refractivity contribution in [1.82, 2.24) is 4.57 Å². The zero-order valence-corrected chi connectivity index (χ0v) is 13.5. The van der Waals surface area contributed by atoms with Crippen LogP contribution in [-0.4, -0.2) is 10.5 Å². The lowest BCUT2D eigenvalue weighted by atomic mass is 10.1. The average Bonchev–Trinajstić information content (AvgIpc) is 2.83. The first-order valence-electron chi connectivity index (χ1n) is 7.56. The molecule has 0 aliphatic carbocycles. The second-order valence-electron chi connectivity index (χ2n) is 5.66. The van der Waals surface area contributed by atoms with E-state index in [2.05, 4.69) is 22.8 Å². The number of carbonyl (C=O) groups is 1. The van der Waals surface area contributed by atoms with Gasteiger partial charge < -0.3 is 9.30 Å². The van der Waals surface area contributed by atoms with E-state index in [0.717, 1.165) is 16.8 Å². The molecule has 0 saturated carbocycles. The van der Waals surface area contributed by atoms with E-state index in [1.165, 1.54) is 17.8 Å². The number of nitrogens with zero attached hydrogens (tertiary/aromatic N) is 1. The van der Waals surface area contributed by atoms with Crippen molar-refractivity contribution in [3.63, 3.8) is 0 Å². The third-order valence-corrected chi connectivity index (χ3v) is 3.85. The smallest absolute Gasteiger partial charge is 0.308 e. The topological polar surface area (TPSA) is 31.2 Å². The minimum atomic E-state index is -0.310. The van der Waals surface area contributed by atoms with Crippen molar-refractivity contribution in [3.8, 4) is 5.75 Å². The van der Waals surface area contributed by atoms with Gasteiger partial charge >= 0.3 is 5.97 Å². The summed E-state index contributed by atoms with van der Waals surface area (Å²) in [5.74, 6) is 0.280. The molecular weight excluding hydrogens is 286 g/mol. The lowest BCUT2D eigenvalue weighted by Crippen LogP contribution is -2.02. The predicted octanol–water partition coefficient (Wildman–Crippen LogP) is 4.58. The van der Waals surface area contributed by atoms with Crippen LogP contribution < -0.4 is 4.74 Å². The van der Waals surface area contributed by atoms with Crippen molar-refractivity contribution in [3.05, 3.63) is 65.4 Å². The molecule has 0 radical (unpaired) electrons. The summed E-state index contributed by atoms with van der Waals surface area (Å²) in [4.78, 5) is 11.3. The first-order chi connectivity index (χ1) is 11.0. The minimum absolute atomic E-state index is 0.310. The van der Waals surface area contributed by atoms with Crippen molar-refractivity contribution < 1.29 is 9.53 Å². The van der Waals surface area contributed by atoms with Crippen LogP contribution in [-0.2, 0) is 11.8 Å². The summed E-state index contributed by atoms with van der Waals surface area (Å²) in [6, 6.07) is 16.3. The molecule has 3 rings (SSSR count). The fourth-order valence-corrected chi connectivity index (χ4v) is 2.67. The Kier molecular flexibility index (Phi) is 4.02. The molecule has 0 spiro atoms. The van der Waals surface area contributed by atoms with Gasteiger partial charge in [0.1, 0.15) is 5.75 Å². The van der Waals surface area contributed by atoms with Gasteiger partial charge in [0.25, 0.3) is 0 Å². The van der Waals surface area contributed by atoms with Crippen molar-refractivity contribution in [2.75, 3.05) is 0 Å². The van der Waals surface area contributed by atoms with Gasteiger partial charge in [0.2, 0.25) is 0 Å². The van der Waals surface area contributed by atoms with Crippen LogP contribution in [0.3, 0.4) is 0 Å². The highest BCUT2D eigenvalue weighted by atomic mass is 16.5. The van der Waals surface area contributed by atoms with Crippen molar-refractivity contribution in [2.45, 2.75) is 13.8 Å². The molecule has 3 aromatic rings. The number of esters is 1. The molecule has 1 aromatic heterocycles. The van der Waals surface area contributed by atoms with Gasteiger partial charge in [-0.25, -0.2) is 0 Å². The van der Waals surface area contributed by atoms with E-state index >= 15 is 0 Å². The van der Waals surface area contributed by atoms with E-state index < -0.39 is 0 Å². The number of hydrogen-bond donors (Lipinski definition) is 0. The Morgan fingerprint density at radius 3 is 2.61 bits per heavy atom. The Labute approximate surface area is 135 Å². The van der Waals surface area contributed by atoms with Gasteiger partial charge in [0.15, 0.2) is 0 Å². The summed E-state index contributed by atoms with van der Waals surface area (Å²) in [6.45, 7) is 3.39. The zero-order valence-electron chi connectivity index (χ0n) is 13.5. The average molecular weight is 305 g/mol. The molecule has 3 heteroatoms. The van der Waals surface area contributed by atoms with Crippen LogP contribution in [0.5, 0.6) is 5.75 Å². The monoisotopic (exact) mass is 305 g/mol. The van der Waals surface area contributed by atoms with Gasteiger partial charge in [-0.1, -0.05) is 30.3 Å². The molecule has 0 aliphatic rings. The molecule has 1 heterocycles. The van der Waals surface area contributed by atoms with Crippen molar-refractivity contribution in [2.24, 2.45) is 7.05 Å². The number of fused-ring (bicyclic) bond motifs is 1. The number of para-hydroxylation sites is 1. The molecule has 116 valence electrons. The number of hydrogen-bond acceptors (Lipinski definition) is 2. The molecule has 0 atom stereocenters. The quantitative estimate of drug-likeness (QED) is 0.524. The van der Waals surface area contributed by atoms with Gasteiger partial charge in [0.05, 0.1) is 0 Å². The zero-order chi connectivity index (χ0) is 16.4. The van der Waals surface area contributed by atoms with Crippen LogP contribution in [0.1, 0.15) is 23.7 Å². The normalized spacial score (nSPS) is 11.3. The SMILES string of the molecule is CC(=O)Oc1cc(C)ccc1C=Cc1cc2ccccc2n1C. The second kappa shape index (κ2) is 6.13. The van der Waals surface area contributed by atoms with Crippen molar-refractivity contribution >= 4 is 29.0 Å². The molecule has 0 unspecified atom stereocenters. The highest BCUT2D eigenvalue weighted by Crippen LogP contribution is 2.24. The molecule has 3 nitrogen and oxygen atoms in total. The maximum Gasteiger partial charge on any atom is 0.308 e. The van der Waals surface area contributed by atoms with Gasteiger partial charge in [-0.05, 0) is 42.8 Å². The van der Waals surface area contributed by atoms with E-state index in [-0.39, 0.29) is 5.97 Å². The van der Waals surface area contributed by atoms with Crippen LogP contribution >= 0.6 is 0 Å². The summed E-state index contributed by atoms with van der Waals surface area (Å²) in [7, 11) is 2.05. The summed E-state index contributed by atoms with van der Waals surface area (Å²) in [6.07, 6.45) is 4.02. The van der Waals surface area contributed by atoms with E-state index in [9.17, 15) is 4.79 Å². The lowest BCUT2D eigenvalue weighted by Gasteiger charge is -2.07. The second-order valence-corrected chi connectivity index (χ2v) is 5.66. The van der Waals surface area contributed by atoms with Crippen LogP contribution in [0.2, 0.25) is 0 Å². The third-order valence-electron chi connectivity index (χ3n) is 3.85. The molecule has 0 N–H and O–H groups in total. The van der Waals surface area contributed by atoms with E-state index in [1.54, 1.807) is 0 Å². The lowest BCUT2D eigenvalue weighted by molar-refractivity contribution is -0.131. The van der Waals surface area contributed by atoms with Gasteiger partial charge in [0, 0.05) is 36.1 Å². The summed E-state index contributed by atoms with van der Waals surface area (Å²) >= 11 is 0. The fourth-order valence-electron chi connectivity index (χ4n) is 2.67. The predicted molar refractivity (Wildman–Crippen MR) is 94.3 cm³/mol. The third kappa shape index (κ3) is 3.19. The molecular formula is C20H19NO2. The van der Waals surface area contributed by atoms with Crippen LogP contribution in [0.4, 0.5) is 0 Å². The van der Waals surface area contributed by atoms with Crippen LogP contribution in [0.15, 0.2) is 48.5 Å². The Morgan fingerprint density at radius 2 is 1.87 bits per heavy atom. The Balaban J connectivity index is 1.98. The summed E-state index contributed by atoms with van der Waals surface area (Å²) in [5, 5.41) is 1.21. The first kappa shape index (κ1) is 15.1. The first-order valence-corrected chi connectivity index (χ1v) is 7.56. The van der Waals surface area contributed by atoms with Crippen LogP contribution in [0.25, 0.3) is 23.1 Å². The van der Waals surface area contributed by atoms with E-state index in [0.29, 0.717) is 5.75 Å². The van der Waals surface area contributed by atoms with Gasteiger partial charge in [-0.2, -0.15) is 0 Å². The largest absolute Gasteiger partial charge is 0.426 e. The molecule has 0 fully saturated rings. The fraction of sp³-hybridized carbons (Fsp3) is 0.150. The standard InChI is InChI=1S/C20H19NO2/c1-14-8-9-16(20(12-14)23-15(2)22)10-11-18-13-17-6-4-5-7-19(17)21(18)3/h4-13H,1-3H3. The van der Waals surface area contributed by atoms with Gasteiger partial charge in [-0.3, -0.25) is 4.79 Å². The summed E-state index contributed by atoms with van der Waals surface area (Å²) < 4.78 is 7.45. The number of rotatable bonds is 3. The molecule has 0 amide bonds. The molecule has 0 bridgehead atoms. The molecule has 23 heavy (non-hydrogen) atoms. The van der Waals surface area contributed by atoms with E-state index in [1.807, 2.05) is 56.5 Å². The number of aryl methyl sites for hydroxylation is 2. The van der Waals surface area contributed by atoms with Crippen LogP contribution in [0, 0.1) is 6.92 Å². The number of benzene rings is 2. The minimum Gasteiger partial charge on any atom is -0.426 e. The molecule has 0 aliphatic heterocycles. The molecule has 2 aromatic carbocycles. The number of aromatic nitrogens is 1. The Morgan fingerprint density at radius 1 is 1.09 bits per heavy atom. The number of ether oxygens (including phenoxy) is 1. The Hall–Kier alpha value is -2.81. The molecule has 0 saturated heterocycles. The maximum absolute atomic E-state index is 11.3. The Bertz CT molecular complexity index is 903. The number of carbonyl (C=O) groups excluding carboxylic acids is 1. The summed E-state index contributed by atoms with van der Waals surface area (Å²) in [5.41, 5.74) is 4.23. The van der Waals surface area contributed by atoms with Gasteiger partial charge in [-0.15, -0.1) is 0 Å². The highest BCUT2D eigenvalue weighted by molar-refractivity contribution is 5.86. The van der Waals surface area contributed by atoms with E-state index in [4.69, 9.17) is 4.74 Å².